The molecule has 0 radical (unpaired) electrons. The van der Waals surface area contributed by atoms with Gasteiger partial charge in [-0.2, -0.15) is 0 Å². The number of carbonyl (C=O) groups is 1. The number of anilines is 2. The third-order valence-electron chi connectivity index (χ3n) is 7.79. The van der Waals surface area contributed by atoms with Gasteiger partial charge in [-0.25, -0.2) is 9.97 Å². The summed E-state index contributed by atoms with van der Waals surface area (Å²) in [7, 11) is 0. The van der Waals surface area contributed by atoms with Gasteiger partial charge in [0.15, 0.2) is 0 Å². The molecule has 9 nitrogen and oxygen atoms in total. The average molecular weight is 535 g/mol. The lowest BCUT2D eigenvalue weighted by Gasteiger charge is -2.35. The van der Waals surface area contributed by atoms with E-state index in [-0.39, 0.29) is 23.8 Å². The predicted octanol–water partition coefficient (Wildman–Crippen LogP) is 4.64. The number of para-hydroxylation sites is 1. The first-order chi connectivity index (χ1) is 19.4. The molecular formula is C31H30N6O3. The van der Waals surface area contributed by atoms with E-state index in [1.165, 1.54) is 6.33 Å². The number of aromatic nitrogens is 4. The second kappa shape index (κ2) is 10.1. The summed E-state index contributed by atoms with van der Waals surface area (Å²) in [5.74, 6) is 0.248. The fourth-order valence-electron chi connectivity index (χ4n) is 5.67. The molecule has 0 bridgehead atoms. The van der Waals surface area contributed by atoms with Crippen LogP contribution >= 0.6 is 0 Å². The lowest BCUT2D eigenvalue weighted by atomic mass is 9.81. The molecule has 0 unspecified atom stereocenters. The van der Waals surface area contributed by atoms with E-state index in [0.717, 1.165) is 40.7 Å². The van der Waals surface area contributed by atoms with Gasteiger partial charge in [0.25, 0.3) is 11.5 Å². The Morgan fingerprint density at radius 1 is 1.07 bits per heavy atom. The summed E-state index contributed by atoms with van der Waals surface area (Å²) < 4.78 is 3.68. The maximum atomic E-state index is 13.4. The van der Waals surface area contributed by atoms with E-state index < -0.39 is 5.91 Å². The van der Waals surface area contributed by atoms with Crippen LogP contribution in [0.1, 0.15) is 40.5 Å². The van der Waals surface area contributed by atoms with E-state index >= 15 is 0 Å². The van der Waals surface area contributed by atoms with Gasteiger partial charge < -0.3 is 20.7 Å². The summed E-state index contributed by atoms with van der Waals surface area (Å²) in [6.45, 7) is 3.82. The van der Waals surface area contributed by atoms with Crippen LogP contribution < -0.4 is 16.6 Å². The standard InChI is InChI=1S/C31H30N6O3/c1-18-12-19(2)37(23-6-4-3-5-7-23)31(40)26(18)30(39)35-22-10-8-21(9-11-22)25-15-36(24-13-20(14-24)16-38)29-27(25)28(32)33-17-34-29/h3-12,15,17,20,24,38H,13-14,16H2,1-2H3,(H,35,39)(H2,32,33,34). The van der Waals surface area contributed by atoms with Crippen LogP contribution in [0.15, 0.2) is 78.0 Å². The number of hydrogen-bond donors (Lipinski definition) is 3. The lowest BCUT2D eigenvalue weighted by molar-refractivity contribution is 0.102. The van der Waals surface area contributed by atoms with E-state index in [1.807, 2.05) is 61.7 Å². The summed E-state index contributed by atoms with van der Waals surface area (Å²) in [5, 5.41) is 13.1. The SMILES string of the molecule is Cc1cc(C)n(-c2ccccc2)c(=O)c1C(=O)Nc1ccc(-c2cn(C3CC(CO)C3)c3ncnc(N)c23)cc1. The number of aliphatic hydroxyl groups excluding tert-OH is 1. The molecular weight excluding hydrogens is 504 g/mol. The zero-order valence-corrected chi connectivity index (χ0v) is 22.3. The number of hydrogen-bond acceptors (Lipinski definition) is 6. The molecule has 0 spiro atoms. The molecule has 1 aliphatic carbocycles. The molecule has 1 amide bonds. The van der Waals surface area contributed by atoms with E-state index in [2.05, 4.69) is 19.9 Å². The number of benzene rings is 2. The monoisotopic (exact) mass is 534 g/mol. The summed E-state index contributed by atoms with van der Waals surface area (Å²) in [5.41, 5.74) is 11.2. The van der Waals surface area contributed by atoms with Crippen molar-refractivity contribution in [3.05, 3.63) is 100 Å². The van der Waals surface area contributed by atoms with Gasteiger partial charge in [-0.1, -0.05) is 30.3 Å². The number of nitrogens with zero attached hydrogens (tertiary/aromatic N) is 4. The van der Waals surface area contributed by atoms with Crippen molar-refractivity contribution < 1.29 is 9.90 Å². The third kappa shape index (κ3) is 4.34. The minimum Gasteiger partial charge on any atom is -0.396 e. The first kappa shape index (κ1) is 25.5. The average Bonchev–Trinajstić information content (AvgIpc) is 3.29. The van der Waals surface area contributed by atoms with Gasteiger partial charge in [0.05, 0.1) is 5.39 Å². The number of aryl methyl sites for hydroxylation is 2. The summed E-state index contributed by atoms with van der Waals surface area (Å²) in [4.78, 5) is 35.5. The minimum atomic E-state index is -0.461. The van der Waals surface area contributed by atoms with Crippen molar-refractivity contribution in [1.82, 2.24) is 19.1 Å². The van der Waals surface area contributed by atoms with Crippen molar-refractivity contribution in [2.45, 2.75) is 32.7 Å². The Morgan fingerprint density at radius 2 is 1.80 bits per heavy atom. The fraction of sp³-hybridized carbons (Fsp3) is 0.226. The van der Waals surface area contributed by atoms with Gasteiger partial charge >= 0.3 is 0 Å². The highest BCUT2D eigenvalue weighted by molar-refractivity contribution is 6.05. The Morgan fingerprint density at radius 3 is 2.50 bits per heavy atom. The lowest BCUT2D eigenvalue weighted by Crippen LogP contribution is -2.31. The summed E-state index contributed by atoms with van der Waals surface area (Å²) in [6.07, 6.45) is 5.29. The molecule has 1 saturated carbocycles. The molecule has 202 valence electrons. The topological polar surface area (TPSA) is 128 Å². The van der Waals surface area contributed by atoms with E-state index in [0.29, 0.717) is 28.7 Å². The van der Waals surface area contributed by atoms with Crippen molar-refractivity contribution >= 4 is 28.4 Å². The number of aliphatic hydroxyl groups is 1. The number of fused-ring (bicyclic) bond motifs is 1. The predicted molar refractivity (Wildman–Crippen MR) is 156 cm³/mol. The highest BCUT2D eigenvalue weighted by atomic mass is 16.3. The van der Waals surface area contributed by atoms with Crippen molar-refractivity contribution in [2.24, 2.45) is 5.92 Å². The Balaban J connectivity index is 1.30. The Hall–Kier alpha value is -4.76. The quantitative estimate of drug-likeness (QED) is 0.291. The van der Waals surface area contributed by atoms with Crippen LogP contribution in [0.5, 0.6) is 0 Å². The Bertz CT molecular complexity index is 1780. The van der Waals surface area contributed by atoms with Crippen LogP contribution in [0.4, 0.5) is 11.5 Å². The smallest absolute Gasteiger partial charge is 0.268 e. The summed E-state index contributed by atoms with van der Waals surface area (Å²) >= 11 is 0. The van der Waals surface area contributed by atoms with E-state index in [4.69, 9.17) is 5.73 Å². The molecule has 3 aromatic heterocycles. The second-order valence-corrected chi connectivity index (χ2v) is 10.4. The molecule has 6 rings (SSSR count). The maximum absolute atomic E-state index is 13.4. The van der Waals surface area contributed by atoms with Gasteiger partial charge in [0.2, 0.25) is 0 Å². The zero-order valence-electron chi connectivity index (χ0n) is 22.3. The zero-order chi connectivity index (χ0) is 28.0. The maximum Gasteiger partial charge on any atom is 0.268 e. The van der Waals surface area contributed by atoms with Crippen molar-refractivity contribution in [1.29, 1.82) is 0 Å². The molecule has 1 fully saturated rings. The second-order valence-electron chi connectivity index (χ2n) is 10.4. The van der Waals surface area contributed by atoms with Gasteiger partial charge in [0.1, 0.15) is 23.4 Å². The molecule has 0 aliphatic heterocycles. The normalized spacial score (nSPS) is 16.6. The first-order valence-electron chi connectivity index (χ1n) is 13.3. The van der Waals surface area contributed by atoms with Crippen LogP contribution in [-0.4, -0.2) is 36.7 Å². The molecule has 0 atom stereocenters. The molecule has 3 heterocycles. The molecule has 9 heteroatoms. The van der Waals surface area contributed by atoms with Crippen molar-refractivity contribution in [3.63, 3.8) is 0 Å². The molecule has 0 saturated heterocycles. The molecule has 1 aliphatic rings. The summed E-state index contributed by atoms with van der Waals surface area (Å²) in [6, 6.07) is 18.8. The molecule has 5 aromatic rings. The molecule has 4 N–H and O–H groups in total. The molecule has 2 aromatic carbocycles. The van der Waals surface area contributed by atoms with Gasteiger partial charge in [-0.15, -0.1) is 0 Å². The third-order valence-corrected chi connectivity index (χ3v) is 7.79. The number of nitrogen functional groups attached to an aromatic ring is 1. The highest BCUT2D eigenvalue weighted by Crippen LogP contribution is 2.42. The van der Waals surface area contributed by atoms with Crippen LogP contribution in [0.3, 0.4) is 0 Å². The number of rotatable bonds is 6. The Kier molecular flexibility index (Phi) is 6.43. The van der Waals surface area contributed by atoms with E-state index in [9.17, 15) is 14.7 Å². The number of pyridine rings is 1. The first-order valence-corrected chi connectivity index (χ1v) is 13.3. The minimum absolute atomic E-state index is 0.105. The van der Waals surface area contributed by atoms with Crippen LogP contribution in [0, 0.1) is 19.8 Å². The number of nitrogens with one attached hydrogen (secondary N) is 1. The van der Waals surface area contributed by atoms with Crippen molar-refractivity contribution in [2.75, 3.05) is 17.7 Å². The van der Waals surface area contributed by atoms with Crippen LogP contribution in [0.25, 0.3) is 27.8 Å². The Labute approximate surface area is 230 Å². The number of nitrogens with two attached hydrogens (primary N) is 1. The van der Waals surface area contributed by atoms with E-state index in [1.54, 1.807) is 23.6 Å². The van der Waals surface area contributed by atoms with Crippen LogP contribution in [-0.2, 0) is 0 Å². The number of carbonyl (C=O) groups excluding carboxylic acids is 1. The number of amides is 1. The van der Waals surface area contributed by atoms with Gasteiger partial charge in [0, 0.05) is 41.5 Å². The largest absolute Gasteiger partial charge is 0.396 e. The van der Waals surface area contributed by atoms with Crippen LogP contribution in [0.2, 0.25) is 0 Å². The van der Waals surface area contributed by atoms with Crippen molar-refractivity contribution in [3.8, 4) is 16.8 Å². The van der Waals surface area contributed by atoms with Gasteiger partial charge in [-0.05, 0) is 74.1 Å². The highest BCUT2D eigenvalue weighted by Gasteiger charge is 2.32. The van der Waals surface area contributed by atoms with Gasteiger partial charge in [-0.3, -0.25) is 14.2 Å². The molecule has 40 heavy (non-hydrogen) atoms. The fourth-order valence-corrected chi connectivity index (χ4v) is 5.67.